The van der Waals surface area contributed by atoms with E-state index in [1.807, 2.05) is 56.0 Å². The van der Waals surface area contributed by atoms with Gasteiger partial charge in [0, 0.05) is 35.8 Å². The van der Waals surface area contributed by atoms with Crippen molar-refractivity contribution in [3.63, 3.8) is 0 Å². The summed E-state index contributed by atoms with van der Waals surface area (Å²) in [5, 5.41) is 17.7. The minimum Gasteiger partial charge on any atom is -0.402 e. The number of likely N-dealkylation sites (tertiary alicyclic amines) is 1. The van der Waals surface area contributed by atoms with Crippen LogP contribution in [0.15, 0.2) is 47.7 Å². The largest absolute Gasteiger partial charge is 0.402 e. The van der Waals surface area contributed by atoms with E-state index in [9.17, 15) is 4.79 Å². The van der Waals surface area contributed by atoms with Gasteiger partial charge in [-0.05, 0) is 80.0 Å². The molecule has 5 heteroatoms. The molecular formula is C26H28N4O. The second kappa shape index (κ2) is 8.03. The van der Waals surface area contributed by atoms with Crippen LogP contribution in [0.3, 0.4) is 0 Å². The van der Waals surface area contributed by atoms with E-state index in [1.165, 1.54) is 5.56 Å². The van der Waals surface area contributed by atoms with Crippen molar-refractivity contribution >= 4 is 11.6 Å². The molecule has 1 saturated heterocycles. The Morgan fingerprint density at radius 2 is 1.74 bits per heavy atom. The third kappa shape index (κ3) is 3.98. The average molecular weight is 413 g/mol. The number of benzene rings is 2. The lowest BCUT2D eigenvalue weighted by Gasteiger charge is -2.40. The van der Waals surface area contributed by atoms with Crippen molar-refractivity contribution in [1.82, 2.24) is 4.90 Å². The van der Waals surface area contributed by atoms with Gasteiger partial charge < -0.3 is 10.6 Å². The van der Waals surface area contributed by atoms with Gasteiger partial charge in [0.2, 0.25) is 0 Å². The first-order valence-electron chi connectivity index (χ1n) is 10.8. The Hall–Kier alpha value is -3.39. The molecule has 0 radical (unpaired) electrons. The Balaban J connectivity index is 1.57. The second-order valence-electron chi connectivity index (χ2n) is 8.85. The van der Waals surface area contributed by atoms with E-state index in [0.717, 1.165) is 35.1 Å². The van der Waals surface area contributed by atoms with Gasteiger partial charge in [-0.25, -0.2) is 0 Å². The predicted octanol–water partition coefficient (Wildman–Crippen LogP) is 4.60. The lowest BCUT2D eigenvalue weighted by molar-refractivity contribution is 0.0601. The first-order chi connectivity index (χ1) is 14.8. The highest BCUT2D eigenvalue weighted by Crippen LogP contribution is 2.43. The highest BCUT2D eigenvalue weighted by atomic mass is 16.2. The molecule has 158 valence electrons. The first kappa shape index (κ1) is 20.9. The maximum atomic E-state index is 13.3. The van der Waals surface area contributed by atoms with Crippen LogP contribution in [-0.2, 0) is 0 Å². The Morgan fingerprint density at radius 1 is 1.10 bits per heavy atom. The van der Waals surface area contributed by atoms with Gasteiger partial charge in [0.1, 0.15) is 0 Å². The fourth-order valence-electron chi connectivity index (χ4n) is 4.16. The van der Waals surface area contributed by atoms with Crippen LogP contribution < -0.4 is 5.73 Å². The highest BCUT2D eigenvalue weighted by molar-refractivity contribution is 6.13. The lowest BCUT2D eigenvalue weighted by atomic mass is 9.88. The van der Waals surface area contributed by atoms with Gasteiger partial charge in [0.15, 0.2) is 0 Å². The van der Waals surface area contributed by atoms with E-state index in [4.69, 9.17) is 16.4 Å². The average Bonchev–Trinajstić information content (AvgIpc) is 3.57. The minimum atomic E-state index is 0.0184. The second-order valence-corrected chi connectivity index (χ2v) is 8.85. The Morgan fingerprint density at radius 3 is 2.29 bits per heavy atom. The number of hydrogen-bond donors (Lipinski definition) is 2. The third-order valence-electron chi connectivity index (χ3n) is 6.56. The Kier molecular flexibility index (Phi) is 5.41. The van der Waals surface area contributed by atoms with Crippen LogP contribution in [0.25, 0.3) is 0 Å². The fourth-order valence-corrected chi connectivity index (χ4v) is 4.16. The van der Waals surface area contributed by atoms with Gasteiger partial charge in [-0.2, -0.15) is 5.26 Å². The molecule has 0 atom stereocenters. The first-order valence-corrected chi connectivity index (χ1v) is 10.8. The highest BCUT2D eigenvalue weighted by Gasteiger charge is 2.34. The monoisotopic (exact) mass is 412 g/mol. The van der Waals surface area contributed by atoms with Crippen molar-refractivity contribution in [1.29, 1.82) is 10.7 Å². The Labute approximate surface area is 183 Å². The van der Waals surface area contributed by atoms with Crippen molar-refractivity contribution in [2.24, 2.45) is 5.73 Å². The van der Waals surface area contributed by atoms with E-state index in [0.29, 0.717) is 47.5 Å². The number of rotatable bonds is 5. The topological polar surface area (TPSA) is 94.0 Å². The number of nitrogens with two attached hydrogens (primary N) is 1. The molecule has 31 heavy (non-hydrogen) atoms. The summed E-state index contributed by atoms with van der Waals surface area (Å²) in [5.74, 6) is 0.796. The molecule has 1 aliphatic carbocycles. The molecule has 0 unspecified atom stereocenters. The van der Waals surface area contributed by atoms with E-state index in [1.54, 1.807) is 0 Å². The molecule has 2 aliphatic rings. The normalized spacial score (nSPS) is 16.9. The van der Waals surface area contributed by atoms with Crippen molar-refractivity contribution in [2.45, 2.75) is 45.4 Å². The van der Waals surface area contributed by atoms with Gasteiger partial charge in [-0.1, -0.05) is 18.2 Å². The molecule has 2 fully saturated rings. The van der Waals surface area contributed by atoms with Crippen molar-refractivity contribution < 1.29 is 4.79 Å². The molecule has 0 aromatic heterocycles. The van der Waals surface area contributed by atoms with E-state index >= 15 is 0 Å². The van der Waals surface area contributed by atoms with Crippen LogP contribution in [0, 0.1) is 23.7 Å². The zero-order chi connectivity index (χ0) is 22.3. The molecule has 1 amide bonds. The van der Waals surface area contributed by atoms with E-state index < -0.39 is 0 Å². The van der Waals surface area contributed by atoms with Crippen LogP contribution in [0.1, 0.15) is 76.7 Å². The van der Waals surface area contributed by atoms with Crippen molar-refractivity contribution in [3.05, 3.63) is 81.0 Å². The summed E-state index contributed by atoms with van der Waals surface area (Å²) in [6.07, 6.45) is 2.27. The predicted molar refractivity (Wildman–Crippen MR) is 122 cm³/mol. The number of amides is 1. The summed E-state index contributed by atoms with van der Waals surface area (Å²) in [4.78, 5) is 15.1. The van der Waals surface area contributed by atoms with Crippen LogP contribution in [0.5, 0.6) is 0 Å². The molecule has 4 rings (SSSR count). The molecule has 2 aromatic carbocycles. The summed E-state index contributed by atoms with van der Waals surface area (Å²) in [7, 11) is 0. The fraction of sp³-hybridized carbons (Fsp3) is 0.346. The van der Waals surface area contributed by atoms with Crippen LogP contribution >= 0.6 is 0 Å². The maximum absolute atomic E-state index is 13.3. The van der Waals surface area contributed by atoms with Gasteiger partial charge in [0.25, 0.3) is 5.91 Å². The van der Waals surface area contributed by atoms with E-state index in [-0.39, 0.29) is 5.91 Å². The third-order valence-corrected chi connectivity index (χ3v) is 6.56. The number of carbonyl (C=O) groups excluding carboxylic acids is 1. The van der Waals surface area contributed by atoms with Crippen molar-refractivity contribution in [2.75, 3.05) is 13.1 Å². The van der Waals surface area contributed by atoms with Crippen LogP contribution in [0.4, 0.5) is 0 Å². The molecule has 0 spiro atoms. The Bertz CT molecular complexity index is 1120. The lowest BCUT2D eigenvalue weighted by Crippen LogP contribution is -2.48. The molecule has 0 bridgehead atoms. The summed E-state index contributed by atoms with van der Waals surface area (Å²) in [5.41, 5.74) is 13.2. The van der Waals surface area contributed by atoms with Crippen LogP contribution in [0.2, 0.25) is 0 Å². The molecule has 1 saturated carbocycles. The van der Waals surface area contributed by atoms with Gasteiger partial charge >= 0.3 is 0 Å². The summed E-state index contributed by atoms with van der Waals surface area (Å²) in [6, 6.07) is 13.8. The quantitative estimate of drug-likeness (QED) is 0.703. The number of allylic oxidation sites excluding steroid dienone is 2. The number of nitriles is 1. The maximum Gasteiger partial charge on any atom is 0.254 e. The summed E-state index contributed by atoms with van der Waals surface area (Å²) in [6.45, 7) is 7.00. The SMILES string of the molecule is C/C(N)=C(\C)C(=N)c1cc(C(=O)N2CC(c3ccc(C#N)cc3)C2)c(C)cc1C1CC1. The number of aryl methyl sites for hydroxylation is 1. The van der Waals surface area contributed by atoms with E-state index in [2.05, 4.69) is 12.1 Å². The molecule has 3 N–H and O–H groups in total. The molecule has 5 nitrogen and oxygen atoms in total. The van der Waals surface area contributed by atoms with Crippen molar-refractivity contribution in [3.8, 4) is 6.07 Å². The molecule has 1 heterocycles. The van der Waals surface area contributed by atoms with Gasteiger partial charge in [-0.15, -0.1) is 0 Å². The number of nitrogens with zero attached hydrogens (tertiary/aromatic N) is 2. The smallest absolute Gasteiger partial charge is 0.254 e. The number of hydrogen-bond acceptors (Lipinski definition) is 4. The number of nitrogens with one attached hydrogen (secondary N) is 1. The van der Waals surface area contributed by atoms with Gasteiger partial charge in [0.05, 0.1) is 17.3 Å². The molecular weight excluding hydrogens is 384 g/mol. The zero-order valence-electron chi connectivity index (χ0n) is 18.3. The van der Waals surface area contributed by atoms with Crippen LogP contribution in [-0.4, -0.2) is 29.6 Å². The molecule has 2 aromatic rings. The standard InChI is InChI=1S/C26H28N4O/c1-15-10-23(20-8-9-20)24(25(29)16(2)17(3)28)11-22(15)26(31)30-13-21(14-30)19-6-4-18(12-27)5-7-19/h4-7,10-11,20-21,29H,8-9,13-14,28H2,1-3H3/b17-16-,29-25?. The zero-order valence-corrected chi connectivity index (χ0v) is 18.3. The minimum absolute atomic E-state index is 0.0184. The summed E-state index contributed by atoms with van der Waals surface area (Å²) < 4.78 is 0. The summed E-state index contributed by atoms with van der Waals surface area (Å²) >= 11 is 0. The number of carbonyl (C=O) groups is 1. The van der Waals surface area contributed by atoms with Gasteiger partial charge in [-0.3, -0.25) is 10.2 Å². The molecule has 1 aliphatic heterocycles.